The van der Waals surface area contributed by atoms with Crippen LogP contribution >= 0.6 is 11.6 Å². The van der Waals surface area contributed by atoms with Crippen molar-refractivity contribution in [3.05, 3.63) is 28.8 Å². The predicted molar refractivity (Wildman–Crippen MR) is 80.5 cm³/mol. The number of nitrogens with zero attached hydrogens (tertiary/aromatic N) is 2. The quantitative estimate of drug-likeness (QED) is 0.683. The Labute approximate surface area is 123 Å². The topological polar surface area (TPSA) is 53.9 Å². The van der Waals surface area contributed by atoms with Crippen molar-refractivity contribution in [2.24, 2.45) is 5.10 Å². The lowest BCUT2D eigenvalue weighted by atomic mass is 10.2. The first-order valence-electron chi connectivity index (χ1n) is 6.49. The Balaban J connectivity index is 1.95. The standard InChI is InChI=1S/C14H18ClN3O2/c1-18(2)11-6-5-10(12(15)8-11)9-16-17-14(19)13-4-3-7-20-13/h5-6,8-9,13H,3-4,7H2,1-2H3,(H,17,19)/b16-9+/t13-/m1/s1. The van der Waals surface area contributed by atoms with Gasteiger partial charge in [-0.05, 0) is 31.0 Å². The number of ether oxygens (including phenoxy) is 1. The van der Waals surface area contributed by atoms with Crippen molar-refractivity contribution in [3.63, 3.8) is 0 Å². The molecule has 1 saturated heterocycles. The summed E-state index contributed by atoms with van der Waals surface area (Å²) >= 11 is 6.16. The number of hydrazone groups is 1. The van der Waals surface area contributed by atoms with Gasteiger partial charge in [-0.25, -0.2) is 5.43 Å². The van der Waals surface area contributed by atoms with Gasteiger partial charge in [0.15, 0.2) is 0 Å². The summed E-state index contributed by atoms with van der Waals surface area (Å²) in [5.74, 6) is -0.209. The van der Waals surface area contributed by atoms with Crippen molar-refractivity contribution in [2.45, 2.75) is 18.9 Å². The highest BCUT2D eigenvalue weighted by molar-refractivity contribution is 6.33. The number of rotatable bonds is 4. The van der Waals surface area contributed by atoms with Crippen LogP contribution in [0.25, 0.3) is 0 Å². The molecule has 1 aliphatic heterocycles. The first-order chi connectivity index (χ1) is 9.58. The third kappa shape index (κ3) is 3.71. The Hall–Kier alpha value is -1.59. The Morgan fingerprint density at radius 3 is 2.95 bits per heavy atom. The van der Waals surface area contributed by atoms with Crippen molar-refractivity contribution in [1.29, 1.82) is 0 Å². The monoisotopic (exact) mass is 295 g/mol. The Morgan fingerprint density at radius 1 is 1.55 bits per heavy atom. The minimum atomic E-state index is -0.376. The van der Waals surface area contributed by atoms with Crippen LogP contribution in [0, 0.1) is 0 Å². The first-order valence-corrected chi connectivity index (χ1v) is 6.87. The third-order valence-electron chi connectivity index (χ3n) is 3.10. The van der Waals surface area contributed by atoms with Gasteiger partial charge in [-0.3, -0.25) is 4.79 Å². The molecule has 20 heavy (non-hydrogen) atoms. The number of anilines is 1. The SMILES string of the molecule is CN(C)c1ccc(/C=N/NC(=O)[C@H]2CCCO2)c(Cl)c1. The van der Waals surface area contributed by atoms with Crippen LogP contribution in [0.5, 0.6) is 0 Å². The fourth-order valence-corrected chi connectivity index (χ4v) is 2.14. The molecule has 108 valence electrons. The molecule has 1 fully saturated rings. The molecule has 0 bridgehead atoms. The van der Waals surface area contributed by atoms with Crippen LogP contribution in [0.1, 0.15) is 18.4 Å². The van der Waals surface area contributed by atoms with E-state index in [1.54, 1.807) is 0 Å². The zero-order valence-electron chi connectivity index (χ0n) is 11.6. The summed E-state index contributed by atoms with van der Waals surface area (Å²) in [6.45, 7) is 0.639. The van der Waals surface area contributed by atoms with Crippen molar-refractivity contribution in [1.82, 2.24) is 5.43 Å². The Morgan fingerprint density at radius 2 is 2.35 bits per heavy atom. The molecule has 6 heteroatoms. The molecule has 1 aromatic rings. The van der Waals surface area contributed by atoms with E-state index in [1.165, 1.54) is 6.21 Å². The van der Waals surface area contributed by atoms with Gasteiger partial charge in [-0.2, -0.15) is 5.10 Å². The highest BCUT2D eigenvalue weighted by Gasteiger charge is 2.22. The lowest BCUT2D eigenvalue weighted by Gasteiger charge is -2.13. The van der Waals surface area contributed by atoms with E-state index in [-0.39, 0.29) is 12.0 Å². The molecule has 2 rings (SSSR count). The van der Waals surface area contributed by atoms with Gasteiger partial charge in [-0.1, -0.05) is 11.6 Å². The zero-order chi connectivity index (χ0) is 14.5. The normalized spacial score (nSPS) is 18.4. The van der Waals surface area contributed by atoms with E-state index >= 15 is 0 Å². The van der Waals surface area contributed by atoms with Crippen LogP contribution in [0.3, 0.4) is 0 Å². The number of hydrogen-bond donors (Lipinski definition) is 1. The van der Waals surface area contributed by atoms with Crippen molar-refractivity contribution in [2.75, 3.05) is 25.6 Å². The largest absolute Gasteiger partial charge is 0.378 e. The maximum Gasteiger partial charge on any atom is 0.269 e. The van der Waals surface area contributed by atoms with Gasteiger partial charge in [0.25, 0.3) is 5.91 Å². The molecule has 0 radical (unpaired) electrons. The Kier molecular flexibility index (Phi) is 4.98. The van der Waals surface area contributed by atoms with E-state index in [0.717, 1.165) is 24.1 Å². The maximum atomic E-state index is 11.7. The summed E-state index contributed by atoms with van der Waals surface area (Å²) in [4.78, 5) is 13.6. The van der Waals surface area contributed by atoms with Crippen molar-refractivity contribution < 1.29 is 9.53 Å². The second-order valence-electron chi connectivity index (χ2n) is 4.84. The van der Waals surface area contributed by atoms with E-state index in [9.17, 15) is 4.79 Å². The molecule has 0 unspecified atom stereocenters. The molecule has 0 saturated carbocycles. The van der Waals surface area contributed by atoms with E-state index in [2.05, 4.69) is 10.5 Å². The van der Waals surface area contributed by atoms with Crippen LogP contribution in [0.2, 0.25) is 5.02 Å². The van der Waals surface area contributed by atoms with Crippen LogP contribution in [0.15, 0.2) is 23.3 Å². The molecule has 5 nitrogen and oxygen atoms in total. The van der Waals surface area contributed by atoms with Crippen LogP contribution in [-0.4, -0.2) is 38.9 Å². The molecular formula is C14H18ClN3O2. The minimum absolute atomic E-state index is 0.209. The second-order valence-corrected chi connectivity index (χ2v) is 5.24. The fraction of sp³-hybridized carbons (Fsp3) is 0.429. The van der Waals surface area contributed by atoms with Gasteiger partial charge in [0.2, 0.25) is 0 Å². The summed E-state index contributed by atoms with van der Waals surface area (Å²) in [6, 6.07) is 5.65. The lowest BCUT2D eigenvalue weighted by Crippen LogP contribution is -2.30. The molecular weight excluding hydrogens is 278 g/mol. The smallest absolute Gasteiger partial charge is 0.269 e. The highest BCUT2D eigenvalue weighted by atomic mass is 35.5. The van der Waals surface area contributed by atoms with Crippen molar-refractivity contribution >= 4 is 29.4 Å². The Bertz CT molecular complexity index is 511. The fourth-order valence-electron chi connectivity index (χ4n) is 1.92. The summed E-state index contributed by atoms with van der Waals surface area (Å²) in [5, 5.41) is 4.51. The first kappa shape index (κ1) is 14.8. The number of nitrogens with one attached hydrogen (secondary N) is 1. The van der Waals surface area contributed by atoms with Gasteiger partial charge in [0.05, 0.1) is 11.2 Å². The molecule has 0 aliphatic carbocycles. The second kappa shape index (κ2) is 6.72. The summed E-state index contributed by atoms with van der Waals surface area (Å²) in [6.07, 6.45) is 2.83. The molecule has 1 atom stereocenters. The summed E-state index contributed by atoms with van der Waals surface area (Å²) < 4.78 is 5.27. The molecule has 1 heterocycles. The molecule has 1 aliphatic rings. The number of hydrogen-bond acceptors (Lipinski definition) is 4. The van der Waals surface area contributed by atoms with Crippen molar-refractivity contribution in [3.8, 4) is 0 Å². The predicted octanol–water partition coefficient (Wildman–Crippen LogP) is 2.04. The molecule has 1 aromatic carbocycles. The van der Waals surface area contributed by atoms with Crippen LogP contribution in [-0.2, 0) is 9.53 Å². The van der Waals surface area contributed by atoms with Gasteiger partial charge < -0.3 is 9.64 Å². The van der Waals surface area contributed by atoms with Gasteiger partial charge >= 0.3 is 0 Å². The highest BCUT2D eigenvalue weighted by Crippen LogP contribution is 2.21. The minimum Gasteiger partial charge on any atom is -0.378 e. The van der Waals surface area contributed by atoms with Crippen LogP contribution in [0.4, 0.5) is 5.69 Å². The van der Waals surface area contributed by atoms with Gasteiger partial charge in [0, 0.05) is 32.0 Å². The van der Waals surface area contributed by atoms with Crippen LogP contribution < -0.4 is 10.3 Å². The summed E-state index contributed by atoms with van der Waals surface area (Å²) in [5.41, 5.74) is 4.24. The number of halogens is 1. The molecule has 0 aromatic heterocycles. The van der Waals surface area contributed by atoms with E-state index in [4.69, 9.17) is 16.3 Å². The number of amides is 1. The third-order valence-corrected chi connectivity index (χ3v) is 3.43. The van der Waals surface area contributed by atoms with E-state index in [1.807, 2.05) is 37.2 Å². The summed E-state index contributed by atoms with van der Waals surface area (Å²) in [7, 11) is 3.89. The number of benzene rings is 1. The maximum absolute atomic E-state index is 11.7. The molecule has 1 N–H and O–H groups in total. The number of carbonyl (C=O) groups is 1. The zero-order valence-corrected chi connectivity index (χ0v) is 12.4. The van der Waals surface area contributed by atoms with Gasteiger partial charge in [-0.15, -0.1) is 0 Å². The lowest BCUT2D eigenvalue weighted by molar-refractivity contribution is -0.130. The van der Waals surface area contributed by atoms with E-state index in [0.29, 0.717) is 11.6 Å². The average molecular weight is 296 g/mol. The van der Waals surface area contributed by atoms with Gasteiger partial charge in [0.1, 0.15) is 6.10 Å². The number of carbonyl (C=O) groups excluding carboxylic acids is 1. The molecule has 0 spiro atoms. The van der Waals surface area contributed by atoms with E-state index < -0.39 is 0 Å². The molecule has 1 amide bonds. The average Bonchev–Trinajstić information content (AvgIpc) is 2.94.